The summed E-state index contributed by atoms with van der Waals surface area (Å²) in [5.41, 5.74) is 7.03. The predicted molar refractivity (Wildman–Crippen MR) is 124 cm³/mol. The Labute approximate surface area is 191 Å². The average molecular weight is 465 g/mol. The van der Waals surface area contributed by atoms with Gasteiger partial charge < -0.3 is 4.74 Å². The number of aromatic nitrogens is 5. The number of fused-ring (bicyclic) bond motifs is 2. The highest BCUT2D eigenvalue weighted by Gasteiger charge is 2.35. The molecule has 4 heterocycles. The molecule has 6 rings (SSSR count). The van der Waals surface area contributed by atoms with Crippen molar-refractivity contribution in [3.63, 3.8) is 0 Å². The van der Waals surface area contributed by atoms with Gasteiger partial charge in [-0.15, -0.1) is 0 Å². The number of hydrogen-bond acceptors (Lipinski definition) is 6. The number of hydrogen-bond donors (Lipinski definition) is 0. The molecule has 4 aromatic rings. The molecule has 0 N–H and O–H groups in total. The summed E-state index contributed by atoms with van der Waals surface area (Å²) in [6.45, 7) is 0.863. The fraction of sp³-hybridized carbons (Fsp3) is 0.348. The van der Waals surface area contributed by atoms with E-state index in [1.54, 1.807) is 19.5 Å². The Morgan fingerprint density at radius 1 is 1.15 bits per heavy atom. The summed E-state index contributed by atoms with van der Waals surface area (Å²) in [4.78, 5) is 4.67. The van der Waals surface area contributed by atoms with Gasteiger partial charge in [0, 0.05) is 30.9 Å². The average Bonchev–Trinajstić information content (AvgIpc) is 3.49. The van der Waals surface area contributed by atoms with Crippen molar-refractivity contribution in [2.45, 2.75) is 25.3 Å². The normalized spacial score (nSPS) is 16.8. The zero-order valence-electron chi connectivity index (χ0n) is 18.5. The maximum Gasteiger partial charge on any atom is 0.211 e. The van der Waals surface area contributed by atoms with Gasteiger partial charge in [-0.05, 0) is 36.5 Å². The number of nitrogens with zero attached hydrogens (tertiary/aromatic N) is 6. The second-order valence-corrected chi connectivity index (χ2v) is 10.7. The van der Waals surface area contributed by atoms with E-state index in [1.165, 1.54) is 21.7 Å². The van der Waals surface area contributed by atoms with E-state index >= 15 is 0 Å². The molecule has 10 heteroatoms. The first-order valence-corrected chi connectivity index (χ1v) is 12.8. The van der Waals surface area contributed by atoms with Gasteiger partial charge in [0.05, 0.1) is 43.0 Å². The molecule has 0 unspecified atom stereocenters. The standard InChI is InChI=1S/C23H24N6O3S/c1-32-18-9-21-23(24-11-18)22(26-29(21)20-8-4-6-15-5-3-7-19(15)20)16-10-25-28(12-16)17-13-27(14-17)33(2,30)31/h4,6,8-12,17H,3,5,7,13-14H2,1-2H3. The topological polar surface area (TPSA) is 95.1 Å². The van der Waals surface area contributed by atoms with Crippen molar-refractivity contribution in [1.29, 1.82) is 0 Å². The van der Waals surface area contributed by atoms with Gasteiger partial charge in [-0.25, -0.2) is 18.1 Å². The minimum Gasteiger partial charge on any atom is -0.495 e. The van der Waals surface area contributed by atoms with E-state index < -0.39 is 10.0 Å². The van der Waals surface area contributed by atoms with Crippen molar-refractivity contribution in [3.05, 3.63) is 54.0 Å². The van der Waals surface area contributed by atoms with Crippen molar-refractivity contribution in [1.82, 2.24) is 28.9 Å². The molecule has 0 spiro atoms. The summed E-state index contributed by atoms with van der Waals surface area (Å²) in [5, 5.41) is 9.50. The third-order valence-corrected chi connectivity index (χ3v) is 7.86. The van der Waals surface area contributed by atoms with E-state index in [2.05, 4.69) is 28.3 Å². The largest absolute Gasteiger partial charge is 0.495 e. The van der Waals surface area contributed by atoms with Crippen LogP contribution in [0.15, 0.2) is 42.9 Å². The van der Waals surface area contributed by atoms with E-state index in [0.29, 0.717) is 18.8 Å². The number of methoxy groups -OCH3 is 1. The summed E-state index contributed by atoms with van der Waals surface area (Å²) >= 11 is 0. The lowest BCUT2D eigenvalue weighted by molar-refractivity contribution is 0.192. The van der Waals surface area contributed by atoms with Crippen LogP contribution in [0.25, 0.3) is 28.0 Å². The third kappa shape index (κ3) is 3.32. The Balaban J connectivity index is 1.44. The summed E-state index contributed by atoms with van der Waals surface area (Å²) in [6.07, 6.45) is 9.92. The lowest BCUT2D eigenvalue weighted by atomic mass is 10.1. The Morgan fingerprint density at radius 2 is 2.00 bits per heavy atom. The molecule has 0 bridgehead atoms. The molecule has 2 aliphatic rings. The van der Waals surface area contributed by atoms with Gasteiger partial charge in [0.2, 0.25) is 10.0 Å². The van der Waals surface area contributed by atoms with Crippen molar-refractivity contribution < 1.29 is 13.2 Å². The smallest absolute Gasteiger partial charge is 0.211 e. The number of sulfonamides is 1. The first-order chi connectivity index (χ1) is 15.9. The molecule has 1 aliphatic carbocycles. The monoisotopic (exact) mass is 464 g/mol. The lowest BCUT2D eigenvalue weighted by Gasteiger charge is -2.36. The fourth-order valence-electron chi connectivity index (χ4n) is 4.78. The van der Waals surface area contributed by atoms with E-state index in [-0.39, 0.29) is 6.04 Å². The number of pyridine rings is 1. The van der Waals surface area contributed by atoms with Gasteiger partial charge in [-0.1, -0.05) is 12.1 Å². The van der Waals surface area contributed by atoms with Gasteiger partial charge in [-0.3, -0.25) is 4.68 Å². The highest BCUT2D eigenvalue weighted by Crippen LogP contribution is 2.34. The van der Waals surface area contributed by atoms with E-state index in [9.17, 15) is 8.42 Å². The van der Waals surface area contributed by atoms with E-state index in [1.807, 2.05) is 21.6 Å². The summed E-state index contributed by atoms with van der Waals surface area (Å²) in [5.74, 6) is 0.675. The zero-order chi connectivity index (χ0) is 22.7. The Kier molecular flexibility index (Phi) is 4.56. The fourth-order valence-corrected chi connectivity index (χ4v) is 5.67. The number of ether oxygens (including phenoxy) is 1. The first kappa shape index (κ1) is 20.4. The van der Waals surface area contributed by atoms with Crippen molar-refractivity contribution in [2.24, 2.45) is 0 Å². The second kappa shape index (κ2) is 7.39. The second-order valence-electron chi connectivity index (χ2n) is 8.71. The van der Waals surface area contributed by atoms with Crippen LogP contribution in [-0.4, -0.2) is 63.7 Å². The maximum atomic E-state index is 11.7. The molecule has 1 aliphatic heterocycles. The minimum atomic E-state index is -3.17. The van der Waals surface area contributed by atoms with E-state index in [4.69, 9.17) is 9.84 Å². The molecule has 33 heavy (non-hydrogen) atoms. The zero-order valence-corrected chi connectivity index (χ0v) is 19.3. The lowest BCUT2D eigenvalue weighted by Crippen LogP contribution is -2.50. The number of rotatable bonds is 5. The van der Waals surface area contributed by atoms with Crippen LogP contribution in [0.2, 0.25) is 0 Å². The van der Waals surface area contributed by atoms with Crippen LogP contribution in [0.3, 0.4) is 0 Å². The third-order valence-electron chi connectivity index (χ3n) is 6.63. The predicted octanol–water partition coefficient (Wildman–Crippen LogP) is 2.60. The molecule has 0 atom stereocenters. The molecule has 1 saturated heterocycles. The SMILES string of the molecule is COc1cnc2c(-c3cnn(C4CN(S(C)(=O)=O)C4)c3)nn(-c3cccc4c3CCC4)c2c1. The van der Waals surface area contributed by atoms with Gasteiger partial charge in [-0.2, -0.15) is 14.5 Å². The summed E-state index contributed by atoms with van der Waals surface area (Å²) < 4.78 is 34.1. The Bertz CT molecular complexity index is 1480. The number of benzene rings is 1. The molecule has 0 amide bonds. The first-order valence-electron chi connectivity index (χ1n) is 11.0. The van der Waals surface area contributed by atoms with Gasteiger partial charge >= 0.3 is 0 Å². The molecule has 1 aromatic carbocycles. The Morgan fingerprint density at radius 3 is 2.79 bits per heavy atom. The van der Waals surface area contributed by atoms with Crippen molar-refractivity contribution in [3.8, 4) is 22.7 Å². The van der Waals surface area contributed by atoms with Crippen LogP contribution >= 0.6 is 0 Å². The minimum absolute atomic E-state index is 0.0206. The molecule has 0 saturated carbocycles. The van der Waals surface area contributed by atoms with Crippen LogP contribution in [0.5, 0.6) is 5.75 Å². The molecule has 1 fully saturated rings. The van der Waals surface area contributed by atoms with Crippen LogP contribution in [0, 0.1) is 0 Å². The van der Waals surface area contributed by atoms with Gasteiger partial charge in [0.25, 0.3) is 0 Å². The van der Waals surface area contributed by atoms with Crippen LogP contribution in [-0.2, 0) is 22.9 Å². The molecular weight excluding hydrogens is 440 g/mol. The molecule has 3 aromatic heterocycles. The quantitative estimate of drug-likeness (QED) is 0.451. The van der Waals surface area contributed by atoms with Gasteiger partial charge in [0.1, 0.15) is 17.0 Å². The van der Waals surface area contributed by atoms with Crippen LogP contribution in [0.4, 0.5) is 0 Å². The van der Waals surface area contributed by atoms with Gasteiger partial charge in [0.15, 0.2) is 0 Å². The van der Waals surface area contributed by atoms with Crippen molar-refractivity contribution in [2.75, 3.05) is 26.5 Å². The van der Waals surface area contributed by atoms with Crippen LogP contribution < -0.4 is 4.74 Å². The number of aryl methyl sites for hydroxylation is 1. The molecular formula is C23H24N6O3S. The maximum absolute atomic E-state index is 11.7. The highest BCUT2D eigenvalue weighted by molar-refractivity contribution is 7.88. The summed E-state index contributed by atoms with van der Waals surface area (Å²) in [6, 6.07) is 8.37. The highest BCUT2D eigenvalue weighted by atomic mass is 32.2. The van der Waals surface area contributed by atoms with Crippen molar-refractivity contribution >= 4 is 21.1 Å². The summed E-state index contributed by atoms with van der Waals surface area (Å²) in [7, 11) is -1.53. The van der Waals surface area contributed by atoms with E-state index in [0.717, 1.165) is 47.2 Å². The van der Waals surface area contributed by atoms with Crippen LogP contribution in [0.1, 0.15) is 23.6 Å². The Hall–Kier alpha value is -3.24. The molecule has 170 valence electrons. The molecule has 9 nitrogen and oxygen atoms in total. The molecule has 0 radical (unpaired) electrons.